The summed E-state index contributed by atoms with van der Waals surface area (Å²) < 4.78 is 17.3. The SMILES string of the molecule is Cc1cn(-c2nccc3[nH]c(-c4n[nH]c5cnc(-c6cncnc6)c(F)c45)nc23)cn1. The Balaban J connectivity index is 1.56. The van der Waals surface area contributed by atoms with Gasteiger partial charge in [-0.2, -0.15) is 5.10 Å². The molecule has 0 bridgehead atoms. The lowest BCUT2D eigenvalue weighted by atomic mass is 10.1. The second kappa shape index (κ2) is 6.49. The molecule has 0 radical (unpaired) electrons. The van der Waals surface area contributed by atoms with E-state index in [1.165, 1.54) is 24.9 Å². The van der Waals surface area contributed by atoms with Crippen LogP contribution >= 0.6 is 0 Å². The first kappa shape index (κ1) is 17.3. The lowest BCUT2D eigenvalue weighted by molar-refractivity contribution is 0.638. The molecule has 6 rings (SSSR count). The van der Waals surface area contributed by atoms with Gasteiger partial charge in [0.25, 0.3) is 0 Å². The zero-order chi connectivity index (χ0) is 20.9. The fourth-order valence-corrected chi connectivity index (χ4v) is 3.53. The molecule has 0 aliphatic rings. The molecule has 150 valence electrons. The van der Waals surface area contributed by atoms with Crippen LogP contribution in [0.1, 0.15) is 5.69 Å². The fraction of sp³-hybridized carbons (Fsp3) is 0.0500. The number of aryl methyl sites for hydroxylation is 1. The lowest BCUT2D eigenvalue weighted by Crippen LogP contribution is -1.95. The quantitative estimate of drug-likeness (QED) is 0.457. The summed E-state index contributed by atoms with van der Waals surface area (Å²) >= 11 is 0. The summed E-state index contributed by atoms with van der Waals surface area (Å²) in [5.74, 6) is 0.498. The van der Waals surface area contributed by atoms with E-state index in [-0.39, 0.29) is 11.1 Å². The minimum absolute atomic E-state index is 0.142. The van der Waals surface area contributed by atoms with Crippen LogP contribution in [-0.2, 0) is 0 Å². The van der Waals surface area contributed by atoms with Gasteiger partial charge in [-0.15, -0.1) is 0 Å². The maximum Gasteiger partial charge on any atom is 0.166 e. The van der Waals surface area contributed by atoms with Crippen LogP contribution in [0.5, 0.6) is 0 Å². The summed E-state index contributed by atoms with van der Waals surface area (Å²) in [6, 6.07) is 1.80. The molecule has 0 aliphatic carbocycles. The Morgan fingerprint density at radius 1 is 1.00 bits per heavy atom. The first-order valence-electron chi connectivity index (χ1n) is 9.33. The first-order valence-corrected chi connectivity index (χ1v) is 9.33. The van der Waals surface area contributed by atoms with Crippen molar-refractivity contribution in [1.82, 2.24) is 49.7 Å². The molecule has 0 amide bonds. The Labute approximate surface area is 173 Å². The second-order valence-electron chi connectivity index (χ2n) is 6.95. The summed E-state index contributed by atoms with van der Waals surface area (Å²) in [5, 5.41) is 7.40. The third kappa shape index (κ3) is 2.67. The standard InChI is InChI=1S/C20H13FN10/c1-10-7-31(9-26-10)20-17-12(2-3-24-20)27-19(28-17)18-14-13(29-30-18)6-25-16(15(14)21)11-4-22-8-23-5-11/h2-9H,1H3,(H,27,28)(H,29,30). The molecule has 10 nitrogen and oxygen atoms in total. The molecular weight excluding hydrogens is 399 g/mol. The van der Waals surface area contributed by atoms with Gasteiger partial charge in [-0.3, -0.25) is 14.6 Å². The van der Waals surface area contributed by atoms with E-state index in [4.69, 9.17) is 0 Å². The van der Waals surface area contributed by atoms with Gasteiger partial charge in [0.1, 0.15) is 29.6 Å². The average Bonchev–Trinajstić information content (AvgIpc) is 3.52. The molecular formula is C20H13FN10. The highest BCUT2D eigenvalue weighted by molar-refractivity contribution is 5.95. The number of fused-ring (bicyclic) bond motifs is 2. The van der Waals surface area contributed by atoms with Gasteiger partial charge in [0, 0.05) is 30.4 Å². The van der Waals surface area contributed by atoms with Crippen molar-refractivity contribution >= 4 is 21.9 Å². The summed E-state index contributed by atoms with van der Waals surface area (Å²) in [6.07, 6.45) is 11.1. The Morgan fingerprint density at radius 3 is 2.68 bits per heavy atom. The molecule has 31 heavy (non-hydrogen) atoms. The van der Waals surface area contributed by atoms with E-state index in [1.54, 1.807) is 23.2 Å². The number of aromatic nitrogens is 10. The van der Waals surface area contributed by atoms with Crippen LogP contribution in [0.15, 0.2) is 49.7 Å². The highest BCUT2D eigenvalue weighted by Crippen LogP contribution is 2.32. The fourth-order valence-electron chi connectivity index (χ4n) is 3.53. The molecule has 0 atom stereocenters. The van der Waals surface area contributed by atoms with Gasteiger partial charge in [-0.1, -0.05) is 0 Å². The lowest BCUT2D eigenvalue weighted by Gasteiger charge is -2.03. The van der Waals surface area contributed by atoms with E-state index >= 15 is 4.39 Å². The van der Waals surface area contributed by atoms with Gasteiger partial charge in [0.15, 0.2) is 17.5 Å². The summed E-state index contributed by atoms with van der Waals surface area (Å²) in [7, 11) is 0. The van der Waals surface area contributed by atoms with Crippen molar-refractivity contribution in [2.75, 3.05) is 0 Å². The number of rotatable bonds is 3. The van der Waals surface area contributed by atoms with E-state index in [2.05, 4.69) is 45.1 Å². The van der Waals surface area contributed by atoms with Gasteiger partial charge >= 0.3 is 0 Å². The topological polar surface area (TPSA) is 127 Å². The maximum atomic E-state index is 15.5. The minimum Gasteiger partial charge on any atom is -0.336 e. The molecule has 0 spiro atoms. The predicted octanol–water partition coefficient (Wildman–Crippen LogP) is 2.99. The number of hydrogen-bond acceptors (Lipinski definition) is 7. The summed E-state index contributed by atoms with van der Waals surface area (Å²) in [4.78, 5) is 28.7. The number of nitrogens with one attached hydrogen (secondary N) is 2. The van der Waals surface area contributed by atoms with Gasteiger partial charge in [-0.05, 0) is 13.0 Å². The summed E-state index contributed by atoms with van der Waals surface area (Å²) in [5.41, 5.74) is 3.64. The normalized spacial score (nSPS) is 11.5. The van der Waals surface area contributed by atoms with Crippen LogP contribution < -0.4 is 0 Å². The number of pyridine rings is 2. The zero-order valence-electron chi connectivity index (χ0n) is 16.1. The van der Waals surface area contributed by atoms with E-state index in [0.29, 0.717) is 33.9 Å². The Kier molecular flexibility index (Phi) is 3.63. The third-order valence-electron chi connectivity index (χ3n) is 4.94. The number of nitrogens with zero attached hydrogens (tertiary/aromatic N) is 8. The van der Waals surface area contributed by atoms with Crippen LogP contribution in [0.4, 0.5) is 4.39 Å². The molecule has 6 heterocycles. The monoisotopic (exact) mass is 412 g/mol. The van der Waals surface area contributed by atoms with E-state index < -0.39 is 5.82 Å². The molecule has 0 fully saturated rings. The minimum atomic E-state index is -0.528. The van der Waals surface area contributed by atoms with E-state index in [0.717, 1.165) is 11.2 Å². The molecule has 0 saturated heterocycles. The number of H-pyrrole nitrogens is 2. The third-order valence-corrected chi connectivity index (χ3v) is 4.94. The van der Waals surface area contributed by atoms with E-state index in [9.17, 15) is 0 Å². The van der Waals surface area contributed by atoms with Crippen LogP contribution in [0.2, 0.25) is 0 Å². The van der Waals surface area contributed by atoms with Crippen molar-refractivity contribution in [2.24, 2.45) is 0 Å². The van der Waals surface area contributed by atoms with Gasteiger partial charge < -0.3 is 4.98 Å². The molecule has 0 unspecified atom stereocenters. The first-order chi connectivity index (χ1) is 15.2. The van der Waals surface area contributed by atoms with Crippen LogP contribution in [0, 0.1) is 12.7 Å². The highest BCUT2D eigenvalue weighted by Gasteiger charge is 2.21. The zero-order valence-corrected chi connectivity index (χ0v) is 16.1. The van der Waals surface area contributed by atoms with Gasteiger partial charge in [-0.25, -0.2) is 29.3 Å². The molecule has 6 aromatic rings. The van der Waals surface area contributed by atoms with Crippen molar-refractivity contribution in [3.05, 3.63) is 61.2 Å². The van der Waals surface area contributed by atoms with Crippen molar-refractivity contribution in [1.29, 1.82) is 0 Å². The van der Waals surface area contributed by atoms with Gasteiger partial charge in [0.05, 0.1) is 28.3 Å². The smallest absolute Gasteiger partial charge is 0.166 e. The van der Waals surface area contributed by atoms with Crippen molar-refractivity contribution in [3.8, 4) is 28.6 Å². The largest absolute Gasteiger partial charge is 0.336 e. The molecule has 0 aromatic carbocycles. The second-order valence-corrected chi connectivity index (χ2v) is 6.95. The number of aromatic amines is 2. The molecule has 0 aliphatic heterocycles. The Bertz CT molecular complexity index is 1560. The maximum absolute atomic E-state index is 15.5. The van der Waals surface area contributed by atoms with Crippen LogP contribution in [-0.4, -0.2) is 49.7 Å². The van der Waals surface area contributed by atoms with Crippen LogP contribution in [0.25, 0.3) is 50.5 Å². The van der Waals surface area contributed by atoms with Crippen LogP contribution in [0.3, 0.4) is 0 Å². The van der Waals surface area contributed by atoms with Gasteiger partial charge in [0.2, 0.25) is 0 Å². The predicted molar refractivity (Wildman–Crippen MR) is 110 cm³/mol. The number of hydrogen-bond donors (Lipinski definition) is 2. The Morgan fingerprint density at radius 2 is 1.87 bits per heavy atom. The number of imidazole rings is 2. The van der Waals surface area contributed by atoms with Crippen molar-refractivity contribution < 1.29 is 4.39 Å². The highest BCUT2D eigenvalue weighted by atomic mass is 19.1. The van der Waals surface area contributed by atoms with Crippen molar-refractivity contribution in [3.63, 3.8) is 0 Å². The van der Waals surface area contributed by atoms with E-state index in [1.807, 2.05) is 13.1 Å². The molecule has 11 heteroatoms. The Hall–Kier alpha value is -4.54. The summed E-state index contributed by atoms with van der Waals surface area (Å²) in [6.45, 7) is 1.90. The number of halogens is 1. The van der Waals surface area contributed by atoms with Crippen molar-refractivity contribution in [2.45, 2.75) is 6.92 Å². The molecule has 0 saturated carbocycles. The molecule has 2 N–H and O–H groups in total. The average molecular weight is 412 g/mol. The molecule has 6 aromatic heterocycles.